The normalized spacial score (nSPS) is 19.5. The molecule has 1 atom stereocenters. The highest BCUT2D eigenvalue weighted by atomic mass is 19.1. The van der Waals surface area contributed by atoms with Gasteiger partial charge in [-0.1, -0.05) is 0 Å². The Hall–Kier alpha value is -2.73. The van der Waals surface area contributed by atoms with Crippen molar-refractivity contribution in [1.29, 1.82) is 0 Å². The Morgan fingerprint density at radius 2 is 2.14 bits per heavy atom. The van der Waals surface area contributed by atoms with Crippen LogP contribution in [0.25, 0.3) is 5.70 Å². The van der Waals surface area contributed by atoms with Crippen molar-refractivity contribution in [2.75, 3.05) is 13.7 Å². The number of aromatic nitrogens is 2. The van der Waals surface area contributed by atoms with Crippen molar-refractivity contribution in [1.82, 2.24) is 14.5 Å². The molecule has 3 heterocycles. The number of nitrogens with zero attached hydrogens (tertiary/aromatic N) is 4. The second-order valence-electron chi connectivity index (χ2n) is 7.60. The number of aliphatic imine (C=N–C) groups is 1. The number of hydrogen-bond donors (Lipinski definition) is 0. The van der Waals surface area contributed by atoms with Gasteiger partial charge in [0.15, 0.2) is 0 Å². The quantitative estimate of drug-likeness (QED) is 0.802. The minimum Gasteiger partial charge on any atom is -0.375 e. The second kappa shape index (κ2) is 6.71. The number of halogens is 1. The lowest BCUT2D eigenvalue weighted by Crippen LogP contribution is -2.26. The Kier molecular flexibility index (Phi) is 4.16. The maximum Gasteiger partial charge on any atom is 0.139 e. The number of hydrogen-bond acceptors (Lipinski definition) is 4. The van der Waals surface area contributed by atoms with Gasteiger partial charge in [-0.25, -0.2) is 14.4 Å². The van der Waals surface area contributed by atoms with E-state index in [0.717, 1.165) is 54.2 Å². The van der Waals surface area contributed by atoms with Gasteiger partial charge in [0, 0.05) is 43.9 Å². The molecule has 1 aromatic carbocycles. The number of rotatable bonds is 3. The summed E-state index contributed by atoms with van der Waals surface area (Å²) in [6, 6.07) is 3.54. The van der Waals surface area contributed by atoms with Crippen molar-refractivity contribution in [3.8, 4) is 0 Å². The zero-order valence-corrected chi connectivity index (χ0v) is 16.1. The van der Waals surface area contributed by atoms with Crippen LogP contribution in [0.2, 0.25) is 0 Å². The van der Waals surface area contributed by atoms with Crippen LogP contribution in [0.15, 0.2) is 48.1 Å². The van der Waals surface area contributed by atoms with Gasteiger partial charge in [0.1, 0.15) is 18.0 Å². The second-order valence-corrected chi connectivity index (χ2v) is 7.60. The number of allylic oxidation sites excluding steroid dienone is 1. The summed E-state index contributed by atoms with van der Waals surface area (Å²) in [6.07, 6.45) is 12.5. The third-order valence-electron chi connectivity index (χ3n) is 5.83. The molecule has 144 valence electrons. The predicted octanol–water partition coefficient (Wildman–Crippen LogP) is 4.24. The van der Waals surface area contributed by atoms with Crippen LogP contribution in [-0.4, -0.2) is 33.9 Å². The van der Waals surface area contributed by atoms with Gasteiger partial charge < -0.3 is 9.64 Å². The minimum absolute atomic E-state index is 0.0545. The number of methoxy groups -OCH3 is 1. The third-order valence-corrected chi connectivity index (χ3v) is 5.83. The van der Waals surface area contributed by atoms with E-state index in [1.165, 1.54) is 5.56 Å². The summed E-state index contributed by atoms with van der Waals surface area (Å²) >= 11 is 0. The first kappa shape index (κ1) is 17.4. The highest BCUT2D eigenvalue weighted by Crippen LogP contribution is 2.46. The minimum atomic E-state index is -0.0770. The summed E-state index contributed by atoms with van der Waals surface area (Å²) in [4.78, 5) is 11.2. The number of benzene rings is 1. The fourth-order valence-electron chi connectivity index (χ4n) is 4.07. The molecule has 3 aliphatic rings. The van der Waals surface area contributed by atoms with Crippen LogP contribution in [0.5, 0.6) is 0 Å². The molecule has 5 nitrogen and oxygen atoms in total. The zero-order valence-electron chi connectivity index (χ0n) is 16.1. The molecule has 2 aliphatic heterocycles. The van der Waals surface area contributed by atoms with E-state index in [4.69, 9.17) is 4.74 Å². The molecule has 0 bridgehead atoms. The lowest BCUT2D eigenvalue weighted by molar-refractivity contribution is 0.116. The number of fused-ring (bicyclic) bond motifs is 3. The molecule has 1 saturated carbocycles. The van der Waals surface area contributed by atoms with Gasteiger partial charge in [0.05, 0.1) is 17.5 Å². The topological polar surface area (TPSA) is 42.6 Å². The largest absolute Gasteiger partial charge is 0.375 e. The van der Waals surface area contributed by atoms with E-state index in [0.29, 0.717) is 5.92 Å². The molecular weight excluding hydrogens is 355 g/mol. The fraction of sp³-hybridized carbons (Fsp3) is 0.364. The molecule has 1 aliphatic carbocycles. The monoisotopic (exact) mass is 378 g/mol. The summed E-state index contributed by atoms with van der Waals surface area (Å²) in [7, 11) is 1.67. The highest BCUT2D eigenvalue weighted by molar-refractivity contribution is 6.01. The molecule has 0 unspecified atom stereocenters. The van der Waals surface area contributed by atoms with E-state index in [-0.39, 0.29) is 11.9 Å². The van der Waals surface area contributed by atoms with Gasteiger partial charge in [0.25, 0.3) is 0 Å². The summed E-state index contributed by atoms with van der Waals surface area (Å²) in [6.45, 7) is 2.80. The van der Waals surface area contributed by atoms with E-state index in [2.05, 4.69) is 21.0 Å². The first-order valence-electron chi connectivity index (χ1n) is 9.77. The lowest BCUT2D eigenvalue weighted by Gasteiger charge is -2.31. The molecule has 2 aromatic rings. The summed E-state index contributed by atoms with van der Waals surface area (Å²) in [5, 5.41) is 0. The van der Waals surface area contributed by atoms with Gasteiger partial charge in [-0.05, 0) is 55.4 Å². The van der Waals surface area contributed by atoms with Crippen LogP contribution < -0.4 is 0 Å². The molecule has 0 N–H and O–H groups in total. The van der Waals surface area contributed by atoms with Crippen LogP contribution in [-0.2, 0) is 11.2 Å². The predicted molar refractivity (Wildman–Crippen MR) is 106 cm³/mol. The van der Waals surface area contributed by atoms with E-state index >= 15 is 0 Å². The van der Waals surface area contributed by atoms with E-state index in [1.807, 2.05) is 36.2 Å². The summed E-state index contributed by atoms with van der Waals surface area (Å²) < 4.78 is 21.8. The molecule has 0 radical (unpaired) electrons. The average Bonchev–Trinajstić information content (AvgIpc) is 3.46. The van der Waals surface area contributed by atoms with E-state index in [9.17, 15) is 4.39 Å². The first-order chi connectivity index (χ1) is 13.7. The van der Waals surface area contributed by atoms with Crippen molar-refractivity contribution in [2.45, 2.75) is 38.2 Å². The molecule has 6 heteroatoms. The number of imidazole rings is 1. The summed E-state index contributed by atoms with van der Waals surface area (Å²) in [5.74, 6) is 1.12. The van der Waals surface area contributed by atoms with Crippen LogP contribution in [0, 0.1) is 5.82 Å². The molecule has 1 aromatic heterocycles. The molecule has 1 fully saturated rings. The van der Waals surface area contributed by atoms with E-state index < -0.39 is 0 Å². The van der Waals surface area contributed by atoms with Gasteiger partial charge >= 0.3 is 0 Å². The molecule has 0 amide bonds. The van der Waals surface area contributed by atoms with Gasteiger partial charge in [0.2, 0.25) is 0 Å². The zero-order chi connectivity index (χ0) is 19.3. The SMILES string of the molecule is CO[C@H](C)c1cn(C2=NC=CN3CCc4c(ccc(F)c4C4CC4)C3=C2)cn1. The van der Waals surface area contributed by atoms with Crippen molar-refractivity contribution in [2.24, 2.45) is 4.99 Å². The van der Waals surface area contributed by atoms with Crippen LogP contribution in [0.1, 0.15) is 54.2 Å². The van der Waals surface area contributed by atoms with Gasteiger partial charge in [-0.15, -0.1) is 0 Å². The van der Waals surface area contributed by atoms with E-state index in [1.54, 1.807) is 19.5 Å². The smallest absolute Gasteiger partial charge is 0.139 e. The molecule has 0 saturated heterocycles. The summed E-state index contributed by atoms with van der Waals surface area (Å²) in [5.41, 5.74) is 5.13. The molecule has 5 rings (SSSR count). The molecular formula is C22H23FN4O. The van der Waals surface area contributed by atoms with Crippen molar-refractivity contribution in [3.05, 3.63) is 71.3 Å². The van der Waals surface area contributed by atoms with Crippen LogP contribution >= 0.6 is 0 Å². The van der Waals surface area contributed by atoms with Gasteiger partial charge in [-0.3, -0.25) is 4.57 Å². The Balaban J connectivity index is 1.58. The Labute approximate surface area is 163 Å². The van der Waals surface area contributed by atoms with Crippen molar-refractivity contribution >= 4 is 11.5 Å². The van der Waals surface area contributed by atoms with Crippen LogP contribution in [0.3, 0.4) is 0 Å². The fourth-order valence-corrected chi connectivity index (χ4v) is 4.07. The van der Waals surface area contributed by atoms with Gasteiger partial charge in [-0.2, -0.15) is 0 Å². The van der Waals surface area contributed by atoms with Crippen LogP contribution in [0.4, 0.5) is 4.39 Å². The first-order valence-corrected chi connectivity index (χ1v) is 9.77. The lowest BCUT2D eigenvalue weighted by atomic mass is 9.89. The maximum absolute atomic E-state index is 14.5. The standard InChI is InChI=1S/C22H23FN4O/c1-14(28-2)19-12-27(13-25-19)21-11-20-16-5-6-18(23)22(15-3-4-15)17(16)7-9-26(20)10-8-24-21/h5-6,8,10-15H,3-4,7,9H2,1-2H3/t14-/m1/s1. The molecule has 28 heavy (non-hydrogen) atoms. The molecule has 0 spiro atoms. The maximum atomic E-state index is 14.5. The van der Waals surface area contributed by atoms with Crippen molar-refractivity contribution < 1.29 is 9.13 Å². The highest BCUT2D eigenvalue weighted by Gasteiger charge is 2.33. The average molecular weight is 378 g/mol. The number of ether oxygens (including phenoxy) is 1. The third kappa shape index (κ3) is 2.88. The Morgan fingerprint density at radius 3 is 2.93 bits per heavy atom. The Morgan fingerprint density at radius 1 is 1.29 bits per heavy atom. The Bertz CT molecular complexity index is 1020. The van der Waals surface area contributed by atoms with Crippen molar-refractivity contribution in [3.63, 3.8) is 0 Å².